The summed E-state index contributed by atoms with van der Waals surface area (Å²) in [6, 6.07) is 8.99. The molecule has 0 aliphatic rings. The number of carbonyl (C=O) groups excluding carboxylic acids is 1. The minimum Gasteiger partial charge on any atom is -0.461 e. The molecule has 6 nitrogen and oxygen atoms in total. The number of anilines is 1. The Bertz CT molecular complexity index is 655. The highest BCUT2D eigenvalue weighted by atomic mass is 16.5. The number of nitriles is 1. The molecule has 2 N–H and O–H groups in total. The molecule has 2 aromatic rings. The summed E-state index contributed by atoms with van der Waals surface area (Å²) >= 11 is 0. The van der Waals surface area contributed by atoms with Crippen LogP contribution < -0.4 is 5.73 Å². The molecule has 0 fully saturated rings. The Morgan fingerprint density at radius 3 is 2.95 bits per heavy atom. The number of benzene rings is 1. The van der Waals surface area contributed by atoms with Gasteiger partial charge in [-0.05, 0) is 19.1 Å². The maximum atomic E-state index is 11.6. The normalized spacial score (nSPS) is 9.89. The predicted octanol–water partition coefficient (Wildman–Crippen LogP) is 1.50. The largest absolute Gasteiger partial charge is 0.461 e. The first kappa shape index (κ1) is 12.6. The molecule has 0 aliphatic carbocycles. The number of imidazole rings is 1. The molecule has 0 aliphatic heterocycles. The molecule has 19 heavy (non-hydrogen) atoms. The van der Waals surface area contributed by atoms with Gasteiger partial charge in [-0.1, -0.05) is 12.1 Å². The summed E-state index contributed by atoms with van der Waals surface area (Å²) in [6.45, 7) is 1.95. The van der Waals surface area contributed by atoms with E-state index in [4.69, 9.17) is 15.7 Å². The van der Waals surface area contributed by atoms with E-state index in [2.05, 4.69) is 11.1 Å². The molecule has 0 spiro atoms. The number of hydrogen-bond acceptors (Lipinski definition) is 5. The Hall–Kier alpha value is -2.81. The topological polar surface area (TPSA) is 93.9 Å². The van der Waals surface area contributed by atoms with Crippen molar-refractivity contribution in [2.24, 2.45) is 0 Å². The quantitative estimate of drug-likeness (QED) is 0.840. The van der Waals surface area contributed by atoms with Crippen molar-refractivity contribution < 1.29 is 9.53 Å². The Kier molecular flexibility index (Phi) is 3.48. The molecule has 0 saturated heterocycles. The number of nitrogens with two attached hydrogens (primary N) is 1. The van der Waals surface area contributed by atoms with E-state index in [-0.39, 0.29) is 18.1 Å². The van der Waals surface area contributed by atoms with Gasteiger partial charge in [0.05, 0.1) is 17.9 Å². The number of carbonyl (C=O) groups is 1. The summed E-state index contributed by atoms with van der Waals surface area (Å²) in [5.41, 5.74) is 6.95. The second-order valence-corrected chi connectivity index (χ2v) is 3.70. The van der Waals surface area contributed by atoms with Gasteiger partial charge in [-0.3, -0.25) is 4.57 Å². The third-order valence-corrected chi connectivity index (χ3v) is 2.56. The van der Waals surface area contributed by atoms with Crippen molar-refractivity contribution in [3.63, 3.8) is 0 Å². The Morgan fingerprint density at radius 2 is 2.26 bits per heavy atom. The smallest absolute Gasteiger partial charge is 0.360 e. The van der Waals surface area contributed by atoms with Crippen LogP contribution in [0, 0.1) is 11.3 Å². The summed E-state index contributed by atoms with van der Waals surface area (Å²) in [7, 11) is 0. The van der Waals surface area contributed by atoms with Crippen LogP contribution in [0.25, 0.3) is 5.69 Å². The molecule has 0 saturated carbocycles. The summed E-state index contributed by atoms with van der Waals surface area (Å²) in [5.74, 6) is -0.422. The standard InChI is InChI=1S/C13H12N4O2/c1-2-19-13(18)11-12(15)17(8-16-11)10-6-4-3-5-9(10)7-14/h3-6,8H,2,15H2,1H3. The van der Waals surface area contributed by atoms with Crippen LogP contribution >= 0.6 is 0 Å². The van der Waals surface area contributed by atoms with Crippen LogP contribution in [0.2, 0.25) is 0 Å². The SMILES string of the molecule is CCOC(=O)c1ncn(-c2ccccc2C#N)c1N. The van der Waals surface area contributed by atoms with Gasteiger partial charge in [0.25, 0.3) is 0 Å². The van der Waals surface area contributed by atoms with Gasteiger partial charge >= 0.3 is 5.97 Å². The van der Waals surface area contributed by atoms with Crippen LogP contribution in [0.1, 0.15) is 23.0 Å². The fourth-order valence-electron chi connectivity index (χ4n) is 1.68. The third kappa shape index (κ3) is 2.26. The van der Waals surface area contributed by atoms with Crippen molar-refractivity contribution in [3.8, 4) is 11.8 Å². The zero-order valence-electron chi connectivity index (χ0n) is 10.3. The lowest BCUT2D eigenvalue weighted by atomic mass is 10.2. The van der Waals surface area contributed by atoms with Crippen molar-refractivity contribution >= 4 is 11.8 Å². The number of nitrogen functional groups attached to an aromatic ring is 1. The maximum absolute atomic E-state index is 11.6. The average Bonchev–Trinajstić information content (AvgIpc) is 2.80. The zero-order valence-corrected chi connectivity index (χ0v) is 10.3. The molecule has 0 amide bonds. The molecule has 1 aromatic heterocycles. The number of hydrogen-bond donors (Lipinski definition) is 1. The van der Waals surface area contributed by atoms with E-state index < -0.39 is 5.97 Å². The summed E-state index contributed by atoms with van der Waals surface area (Å²) in [5, 5.41) is 9.05. The number of aromatic nitrogens is 2. The van der Waals surface area contributed by atoms with E-state index in [0.717, 1.165) is 0 Å². The maximum Gasteiger partial charge on any atom is 0.360 e. The van der Waals surface area contributed by atoms with Crippen LogP contribution in [-0.2, 0) is 4.74 Å². The first-order valence-electron chi connectivity index (χ1n) is 5.68. The van der Waals surface area contributed by atoms with E-state index in [1.807, 2.05) is 0 Å². The van der Waals surface area contributed by atoms with Crippen molar-refractivity contribution in [2.75, 3.05) is 12.3 Å². The number of ether oxygens (including phenoxy) is 1. The number of esters is 1. The monoisotopic (exact) mass is 256 g/mol. The average molecular weight is 256 g/mol. The van der Waals surface area contributed by atoms with Gasteiger partial charge in [-0.15, -0.1) is 0 Å². The van der Waals surface area contributed by atoms with Crippen LogP contribution in [0.5, 0.6) is 0 Å². The molecular formula is C13H12N4O2. The molecule has 0 radical (unpaired) electrons. The van der Waals surface area contributed by atoms with Crippen LogP contribution in [0.4, 0.5) is 5.82 Å². The first-order valence-corrected chi connectivity index (χ1v) is 5.68. The lowest BCUT2D eigenvalue weighted by molar-refractivity contribution is 0.0521. The summed E-state index contributed by atoms with van der Waals surface area (Å²) < 4.78 is 6.35. The van der Waals surface area contributed by atoms with Crippen LogP contribution in [-0.4, -0.2) is 22.1 Å². The molecule has 6 heteroatoms. The molecule has 96 valence electrons. The van der Waals surface area contributed by atoms with E-state index >= 15 is 0 Å². The second-order valence-electron chi connectivity index (χ2n) is 3.70. The van der Waals surface area contributed by atoms with E-state index in [1.165, 1.54) is 10.9 Å². The van der Waals surface area contributed by atoms with Gasteiger partial charge in [0.2, 0.25) is 0 Å². The number of para-hydroxylation sites is 1. The molecular weight excluding hydrogens is 244 g/mol. The molecule has 2 rings (SSSR count). The second kappa shape index (κ2) is 5.23. The Balaban J connectivity index is 2.48. The van der Waals surface area contributed by atoms with Gasteiger partial charge in [0.1, 0.15) is 18.2 Å². The predicted molar refractivity (Wildman–Crippen MR) is 68.6 cm³/mol. The highest BCUT2D eigenvalue weighted by Gasteiger charge is 2.18. The van der Waals surface area contributed by atoms with Crippen molar-refractivity contribution in [1.29, 1.82) is 5.26 Å². The highest BCUT2D eigenvalue weighted by molar-refractivity contribution is 5.92. The molecule has 1 heterocycles. The fourth-order valence-corrected chi connectivity index (χ4v) is 1.68. The number of nitrogens with zero attached hydrogens (tertiary/aromatic N) is 3. The van der Waals surface area contributed by atoms with Crippen molar-refractivity contribution in [1.82, 2.24) is 9.55 Å². The van der Waals surface area contributed by atoms with Crippen LogP contribution in [0.3, 0.4) is 0 Å². The van der Waals surface area contributed by atoms with E-state index in [0.29, 0.717) is 11.3 Å². The van der Waals surface area contributed by atoms with Gasteiger partial charge in [0, 0.05) is 0 Å². The Labute approximate surface area is 110 Å². The lowest BCUT2D eigenvalue weighted by Gasteiger charge is -2.07. The molecule has 0 atom stereocenters. The van der Waals surface area contributed by atoms with Gasteiger partial charge in [-0.25, -0.2) is 9.78 Å². The van der Waals surface area contributed by atoms with E-state index in [9.17, 15) is 4.79 Å². The summed E-state index contributed by atoms with van der Waals surface area (Å²) in [6.07, 6.45) is 1.40. The molecule has 0 unspecified atom stereocenters. The van der Waals surface area contributed by atoms with Crippen LogP contribution in [0.15, 0.2) is 30.6 Å². The number of rotatable bonds is 3. The highest BCUT2D eigenvalue weighted by Crippen LogP contribution is 2.20. The van der Waals surface area contributed by atoms with Gasteiger partial charge in [-0.2, -0.15) is 5.26 Å². The van der Waals surface area contributed by atoms with Crippen molar-refractivity contribution in [2.45, 2.75) is 6.92 Å². The van der Waals surface area contributed by atoms with Gasteiger partial charge in [0.15, 0.2) is 5.69 Å². The lowest BCUT2D eigenvalue weighted by Crippen LogP contribution is -2.09. The molecule has 0 bridgehead atoms. The fraction of sp³-hybridized carbons (Fsp3) is 0.154. The van der Waals surface area contributed by atoms with Gasteiger partial charge < -0.3 is 10.5 Å². The van der Waals surface area contributed by atoms with Crippen molar-refractivity contribution in [3.05, 3.63) is 41.9 Å². The Morgan fingerprint density at radius 1 is 1.53 bits per heavy atom. The van der Waals surface area contributed by atoms with E-state index in [1.54, 1.807) is 31.2 Å². The first-order chi connectivity index (χ1) is 9.19. The third-order valence-electron chi connectivity index (χ3n) is 2.56. The summed E-state index contributed by atoms with van der Waals surface area (Å²) in [4.78, 5) is 15.6. The minimum absolute atomic E-state index is 0.0505. The molecule has 1 aromatic carbocycles. The minimum atomic E-state index is -0.576. The zero-order chi connectivity index (χ0) is 13.8.